The summed E-state index contributed by atoms with van der Waals surface area (Å²) in [5.74, 6) is 5.12. The van der Waals surface area contributed by atoms with Crippen molar-refractivity contribution in [1.29, 1.82) is 0 Å². The zero-order chi connectivity index (χ0) is 32.4. The zero-order valence-electron chi connectivity index (χ0n) is 28.1. The van der Waals surface area contributed by atoms with Crippen molar-refractivity contribution in [2.24, 2.45) is 58.2 Å². The largest absolute Gasteiger partial charge is 0.498 e. The molecule has 0 amide bonds. The smallest absolute Gasteiger partial charge is 0.155 e. The molecule has 8 aliphatic rings. The van der Waals surface area contributed by atoms with Gasteiger partial charge in [0.2, 0.25) is 0 Å². The second-order valence-electron chi connectivity index (χ2n) is 15.8. The number of carbonyl (C=O) groups excluding carboxylic acids is 5. The van der Waals surface area contributed by atoms with Crippen LogP contribution in [0.2, 0.25) is 0 Å². The summed E-state index contributed by atoms with van der Waals surface area (Å²) in [4.78, 5) is 62.8. The zero-order valence-corrected chi connectivity index (χ0v) is 28.1. The van der Waals surface area contributed by atoms with Gasteiger partial charge < -0.3 is 4.74 Å². The third kappa shape index (κ3) is 4.81. The highest BCUT2D eigenvalue weighted by Gasteiger charge is 2.61. The summed E-state index contributed by atoms with van der Waals surface area (Å²) in [6, 6.07) is 0. The van der Waals surface area contributed by atoms with E-state index in [0.717, 1.165) is 70.0 Å². The Kier molecular flexibility index (Phi) is 8.41. The lowest BCUT2D eigenvalue weighted by atomic mass is 9.51. The maximum Gasteiger partial charge on any atom is 0.155 e. The Morgan fingerprint density at radius 3 is 1.91 bits per heavy atom. The third-order valence-corrected chi connectivity index (χ3v) is 14.4. The minimum atomic E-state index is -0.343. The number of hydrogen-bond acceptors (Lipinski definition) is 6. The van der Waals surface area contributed by atoms with E-state index in [2.05, 4.69) is 26.0 Å². The summed E-state index contributed by atoms with van der Waals surface area (Å²) in [6.07, 6.45) is 18.6. The van der Waals surface area contributed by atoms with E-state index < -0.39 is 0 Å². The summed E-state index contributed by atoms with van der Waals surface area (Å²) < 4.78 is 5.70. The Bertz CT molecular complexity index is 1430. The fraction of sp³-hybridized carbons (Fsp3) is 0.725. The fourth-order valence-electron chi connectivity index (χ4n) is 12.4. The minimum Gasteiger partial charge on any atom is -0.498 e. The average Bonchev–Trinajstić information content (AvgIpc) is 3.57. The first-order chi connectivity index (χ1) is 22.2. The minimum absolute atomic E-state index is 0.0867. The van der Waals surface area contributed by atoms with Crippen molar-refractivity contribution in [1.82, 2.24) is 0 Å². The highest BCUT2D eigenvalue weighted by Crippen LogP contribution is 2.62. The van der Waals surface area contributed by atoms with E-state index in [9.17, 15) is 24.0 Å². The second-order valence-corrected chi connectivity index (χ2v) is 15.8. The van der Waals surface area contributed by atoms with Crippen LogP contribution in [-0.4, -0.2) is 35.5 Å². The first kappa shape index (κ1) is 31.9. The van der Waals surface area contributed by atoms with Crippen LogP contribution in [0, 0.1) is 58.2 Å². The molecule has 248 valence electrons. The lowest BCUT2D eigenvalue weighted by Crippen LogP contribution is -2.52. The predicted molar refractivity (Wildman–Crippen MR) is 174 cm³/mol. The summed E-state index contributed by atoms with van der Waals surface area (Å²) in [5.41, 5.74) is 1.86. The number of fused-ring (bicyclic) bond motifs is 10. The lowest BCUT2D eigenvalue weighted by Gasteiger charge is -2.51. The molecular weight excluding hydrogens is 576 g/mol. The molecule has 5 saturated carbocycles. The van der Waals surface area contributed by atoms with Gasteiger partial charge in [0.25, 0.3) is 0 Å². The molecule has 0 aromatic heterocycles. The van der Waals surface area contributed by atoms with Gasteiger partial charge in [0, 0.05) is 61.2 Å². The van der Waals surface area contributed by atoms with Gasteiger partial charge in [-0.1, -0.05) is 25.5 Å². The summed E-state index contributed by atoms with van der Waals surface area (Å²) in [5, 5.41) is 0. The van der Waals surface area contributed by atoms with Gasteiger partial charge in [0.05, 0.1) is 12.4 Å². The van der Waals surface area contributed by atoms with Crippen LogP contribution in [0.4, 0.5) is 0 Å². The Hall–Kier alpha value is -2.63. The number of rotatable bonds is 4. The predicted octanol–water partition coefficient (Wildman–Crippen LogP) is 7.49. The number of hydrogen-bond donors (Lipinski definition) is 0. The monoisotopic (exact) mass is 628 g/mol. The van der Waals surface area contributed by atoms with Gasteiger partial charge >= 0.3 is 0 Å². The SMILES string of the molecule is CCOC1=CC2=CCC3C(C(=O)C[C@]4(CC)C(=O)CCC34)C2CC1.CC[C@]12CC(=O)C3C4CCC(=O)C=C4CCC3C1CCC2=O. The van der Waals surface area contributed by atoms with E-state index in [4.69, 9.17) is 4.74 Å². The number of ether oxygens (including phenoxy) is 1. The normalized spacial score (nSPS) is 42.6. The van der Waals surface area contributed by atoms with Crippen molar-refractivity contribution in [3.05, 3.63) is 35.1 Å². The molecule has 0 aliphatic heterocycles. The molecular formula is C40H52O6. The van der Waals surface area contributed by atoms with Crippen LogP contribution in [-0.2, 0) is 28.7 Å². The molecule has 8 aliphatic carbocycles. The topological polar surface area (TPSA) is 94.6 Å². The molecule has 8 unspecified atom stereocenters. The fourth-order valence-corrected chi connectivity index (χ4v) is 12.4. The Morgan fingerprint density at radius 1 is 0.674 bits per heavy atom. The van der Waals surface area contributed by atoms with Crippen LogP contribution in [0.1, 0.15) is 117 Å². The molecule has 0 aromatic rings. The van der Waals surface area contributed by atoms with Gasteiger partial charge in [-0.3, -0.25) is 24.0 Å². The highest BCUT2D eigenvalue weighted by molar-refractivity contribution is 5.97. The molecule has 5 fully saturated rings. The van der Waals surface area contributed by atoms with Gasteiger partial charge in [0.15, 0.2) is 5.78 Å². The van der Waals surface area contributed by atoms with E-state index in [1.165, 1.54) is 11.1 Å². The van der Waals surface area contributed by atoms with Crippen molar-refractivity contribution in [3.8, 4) is 0 Å². The molecule has 10 atom stereocenters. The molecule has 0 bridgehead atoms. The molecule has 8 rings (SSSR count). The van der Waals surface area contributed by atoms with Crippen molar-refractivity contribution >= 4 is 28.9 Å². The van der Waals surface area contributed by atoms with Crippen molar-refractivity contribution in [3.63, 3.8) is 0 Å². The van der Waals surface area contributed by atoms with Gasteiger partial charge in [-0.15, -0.1) is 0 Å². The summed E-state index contributed by atoms with van der Waals surface area (Å²) in [6.45, 7) is 6.91. The Labute approximate surface area is 274 Å². The number of allylic oxidation sites excluding steroid dienone is 5. The van der Waals surface area contributed by atoms with Crippen LogP contribution >= 0.6 is 0 Å². The van der Waals surface area contributed by atoms with Crippen molar-refractivity contribution in [2.45, 2.75) is 117 Å². The van der Waals surface area contributed by atoms with E-state index in [1.807, 2.05) is 13.0 Å². The van der Waals surface area contributed by atoms with Crippen LogP contribution < -0.4 is 0 Å². The molecule has 6 nitrogen and oxygen atoms in total. The van der Waals surface area contributed by atoms with Crippen LogP contribution in [0.15, 0.2) is 35.1 Å². The van der Waals surface area contributed by atoms with Crippen LogP contribution in [0.3, 0.4) is 0 Å². The van der Waals surface area contributed by atoms with E-state index in [0.29, 0.717) is 91.4 Å². The molecule has 0 N–H and O–H groups in total. The number of ketones is 5. The first-order valence-corrected chi connectivity index (χ1v) is 18.6. The third-order valence-electron chi connectivity index (χ3n) is 14.4. The molecule has 46 heavy (non-hydrogen) atoms. The number of carbonyl (C=O) groups is 5. The Morgan fingerprint density at radius 2 is 1.28 bits per heavy atom. The van der Waals surface area contributed by atoms with Crippen LogP contribution in [0.25, 0.3) is 0 Å². The molecule has 0 radical (unpaired) electrons. The lowest BCUT2D eigenvalue weighted by molar-refractivity contribution is -0.147. The molecule has 6 heteroatoms. The molecule has 0 saturated heterocycles. The average molecular weight is 629 g/mol. The van der Waals surface area contributed by atoms with Gasteiger partial charge in [-0.05, 0) is 118 Å². The van der Waals surface area contributed by atoms with Gasteiger partial charge in [-0.2, -0.15) is 0 Å². The quantitative estimate of drug-likeness (QED) is 0.320. The van der Waals surface area contributed by atoms with E-state index >= 15 is 0 Å². The van der Waals surface area contributed by atoms with Gasteiger partial charge in [0.1, 0.15) is 23.1 Å². The van der Waals surface area contributed by atoms with E-state index in [-0.39, 0.29) is 34.4 Å². The van der Waals surface area contributed by atoms with Crippen molar-refractivity contribution < 1.29 is 28.7 Å². The van der Waals surface area contributed by atoms with E-state index in [1.54, 1.807) is 0 Å². The summed E-state index contributed by atoms with van der Waals surface area (Å²) >= 11 is 0. The maximum atomic E-state index is 13.1. The summed E-state index contributed by atoms with van der Waals surface area (Å²) in [7, 11) is 0. The standard InChI is InChI=1S/C21H28O3.C19H24O3/c1-3-21-12-18(22)20-15-8-6-14(24-4-2)11-13(15)5-7-16(20)17(21)9-10-19(21)23;1-2-19-10-16(21)18-13-6-4-12(20)9-11(13)3-5-14(18)15(19)7-8-17(19)22/h5,11,15-17,20H,3-4,6-10,12H2,1-2H3;9,13-15,18H,2-8,10H2,1H3/t15?,16?,17?,20?,21-;13?,14?,15?,18?,19-/m00/s1. The maximum absolute atomic E-state index is 13.1. The second kappa shape index (κ2) is 12.1. The molecule has 0 aromatic carbocycles. The molecule has 0 heterocycles. The Balaban J connectivity index is 0.000000147. The van der Waals surface area contributed by atoms with Gasteiger partial charge in [-0.25, -0.2) is 0 Å². The van der Waals surface area contributed by atoms with Crippen LogP contribution in [0.5, 0.6) is 0 Å². The van der Waals surface area contributed by atoms with Crippen molar-refractivity contribution in [2.75, 3.05) is 6.61 Å². The molecule has 0 spiro atoms. The first-order valence-electron chi connectivity index (χ1n) is 18.6. The number of Topliss-reactive ketones (excluding diaryl/α,β-unsaturated/α-hetero) is 4. The highest BCUT2D eigenvalue weighted by atomic mass is 16.5.